The number of hydrogen-bond acceptors (Lipinski definition) is 3. The first kappa shape index (κ1) is 21.8. The van der Waals surface area contributed by atoms with Crippen molar-refractivity contribution in [2.75, 3.05) is 13.2 Å². The number of rotatable bonds is 8. The second-order valence-electron chi connectivity index (χ2n) is 6.83. The Hall–Kier alpha value is -2.53. The highest BCUT2D eigenvalue weighted by molar-refractivity contribution is 6.30. The summed E-state index contributed by atoms with van der Waals surface area (Å²) < 4.78 is 5.71. The van der Waals surface area contributed by atoms with Crippen LogP contribution in [0.2, 0.25) is 5.02 Å². The van der Waals surface area contributed by atoms with Gasteiger partial charge >= 0.3 is 0 Å². The number of likely N-dealkylation sites (N-methyl/N-ethyl adjacent to an activating group) is 1. The highest BCUT2D eigenvalue weighted by atomic mass is 35.5. The molecule has 150 valence electrons. The smallest absolute Gasteiger partial charge is 0.261 e. The van der Waals surface area contributed by atoms with Gasteiger partial charge in [0.15, 0.2) is 6.61 Å². The number of carbonyl (C=O) groups is 2. The molecule has 0 aromatic heterocycles. The molecule has 0 fully saturated rings. The van der Waals surface area contributed by atoms with Crippen LogP contribution >= 0.6 is 11.6 Å². The molecule has 0 unspecified atom stereocenters. The van der Waals surface area contributed by atoms with Crippen LogP contribution in [0.15, 0.2) is 42.5 Å². The number of amides is 2. The molecule has 0 saturated heterocycles. The summed E-state index contributed by atoms with van der Waals surface area (Å²) in [5.74, 6) is 0.168. The van der Waals surface area contributed by atoms with Gasteiger partial charge in [0.2, 0.25) is 5.91 Å². The molecule has 2 rings (SSSR count). The quantitative estimate of drug-likeness (QED) is 0.728. The van der Waals surface area contributed by atoms with Gasteiger partial charge in [-0.05, 0) is 68.7 Å². The van der Waals surface area contributed by atoms with Crippen LogP contribution in [0.3, 0.4) is 0 Å². The molecule has 0 heterocycles. The molecule has 6 heteroatoms. The molecule has 0 radical (unpaired) electrons. The summed E-state index contributed by atoms with van der Waals surface area (Å²) in [6.07, 6.45) is 0. The summed E-state index contributed by atoms with van der Waals surface area (Å²) in [5.41, 5.74) is 2.98. The van der Waals surface area contributed by atoms with Crippen LogP contribution in [0.25, 0.3) is 0 Å². The fourth-order valence-electron chi connectivity index (χ4n) is 2.98. The lowest BCUT2D eigenvalue weighted by Gasteiger charge is -2.28. The van der Waals surface area contributed by atoms with Gasteiger partial charge in [0.1, 0.15) is 11.8 Å². The number of carbonyl (C=O) groups excluding carboxylic acids is 2. The summed E-state index contributed by atoms with van der Waals surface area (Å²) in [6, 6.07) is 12.4. The molecule has 1 atom stereocenters. The van der Waals surface area contributed by atoms with E-state index < -0.39 is 6.04 Å². The molecule has 5 nitrogen and oxygen atoms in total. The molecule has 0 saturated carbocycles. The maximum atomic E-state index is 12.9. The average Bonchev–Trinajstić information content (AvgIpc) is 2.63. The van der Waals surface area contributed by atoms with Gasteiger partial charge in [-0.15, -0.1) is 0 Å². The molecule has 2 amide bonds. The van der Waals surface area contributed by atoms with E-state index in [1.165, 1.54) is 4.90 Å². The van der Waals surface area contributed by atoms with E-state index in [0.717, 1.165) is 16.7 Å². The standard InChI is InChI=1S/C22H27ClN2O3/c1-5-24-22(27)17(4)25(13-18-7-6-8-19(23)12-18)21(26)14-28-20-10-15(2)9-16(3)11-20/h6-12,17H,5,13-14H2,1-4H3,(H,24,27)/t17-/m1/s1. The lowest BCUT2D eigenvalue weighted by molar-refractivity contribution is -0.142. The van der Waals surface area contributed by atoms with Crippen LogP contribution in [-0.2, 0) is 16.1 Å². The van der Waals surface area contributed by atoms with Crippen molar-refractivity contribution in [1.82, 2.24) is 10.2 Å². The average molecular weight is 403 g/mol. The number of aryl methyl sites for hydroxylation is 2. The first-order chi connectivity index (χ1) is 13.3. The number of benzene rings is 2. The number of hydrogen-bond donors (Lipinski definition) is 1. The predicted molar refractivity (Wildman–Crippen MR) is 112 cm³/mol. The Morgan fingerprint density at radius 3 is 2.43 bits per heavy atom. The Labute approximate surface area is 171 Å². The Morgan fingerprint density at radius 2 is 1.82 bits per heavy atom. The van der Waals surface area contributed by atoms with Crippen LogP contribution in [0.1, 0.15) is 30.5 Å². The summed E-state index contributed by atoms with van der Waals surface area (Å²) in [5, 5.41) is 3.35. The van der Waals surface area contributed by atoms with Crippen molar-refractivity contribution in [2.24, 2.45) is 0 Å². The van der Waals surface area contributed by atoms with E-state index in [2.05, 4.69) is 5.32 Å². The number of ether oxygens (including phenoxy) is 1. The zero-order valence-electron chi connectivity index (χ0n) is 16.8. The SMILES string of the molecule is CCNC(=O)[C@@H](C)N(Cc1cccc(Cl)c1)C(=O)COc1cc(C)cc(C)c1. The number of halogens is 1. The minimum Gasteiger partial charge on any atom is -0.484 e. The molecule has 1 N–H and O–H groups in total. The van der Waals surface area contributed by atoms with E-state index in [1.54, 1.807) is 19.1 Å². The van der Waals surface area contributed by atoms with E-state index in [4.69, 9.17) is 16.3 Å². The zero-order valence-corrected chi connectivity index (χ0v) is 17.5. The maximum absolute atomic E-state index is 12.9. The molecule has 28 heavy (non-hydrogen) atoms. The Bertz CT molecular complexity index is 818. The summed E-state index contributed by atoms with van der Waals surface area (Å²) in [6.45, 7) is 8.14. The summed E-state index contributed by atoms with van der Waals surface area (Å²) >= 11 is 6.06. The fourth-order valence-corrected chi connectivity index (χ4v) is 3.19. The molecule has 2 aromatic rings. The molecule has 0 aliphatic heterocycles. The van der Waals surface area contributed by atoms with Gasteiger partial charge in [0.25, 0.3) is 5.91 Å². The summed E-state index contributed by atoms with van der Waals surface area (Å²) in [4.78, 5) is 26.8. The molecule has 0 bridgehead atoms. The van der Waals surface area contributed by atoms with E-state index in [0.29, 0.717) is 17.3 Å². The monoisotopic (exact) mass is 402 g/mol. The molecule has 0 spiro atoms. The third kappa shape index (κ3) is 6.27. The normalized spacial score (nSPS) is 11.6. The molecular formula is C22H27ClN2O3. The third-order valence-electron chi connectivity index (χ3n) is 4.32. The largest absolute Gasteiger partial charge is 0.484 e. The van der Waals surface area contributed by atoms with Crippen LogP contribution < -0.4 is 10.1 Å². The van der Waals surface area contributed by atoms with E-state index in [1.807, 2.05) is 51.1 Å². The number of nitrogens with zero attached hydrogens (tertiary/aromatic N) is 1. The predicted octanol–water partition coefficient (Wildman–Crippen LogP) is 3.89. The lowest BCUT2D eigenvalue weighted by atomic mass is 10.1. The van der Waals surface area contributed by atoms with Gasteiger partial charge in [0.05, 0.1) is 0 Å². The Kier molecular flexibility index (Phi) is 7.88. The van der Waals surface area contributed by atoms with E-state index in [9.17, 15) is 9.59 Å². The first-order valence-electron chi connectivity index (χ1n) is 9.33. The van der Waals surface area contributed by atoms with Gasteiger partial charge in [-0.1, -0.05) is 29.8 Å². The summed E-state index contributed by atoms with van der Waals surface area (Å²) in [7, 11) is 0. The molecule has 0 aliphatic rings. The number of nitrogens with one attached hydrogen (secondary N) is 1. The van der Waals surface area contributed by atoms with Crippen LogP contribution in [0, 0.1) is 13.8 Å². The van der Waals surface area contributed by atoms with E-state index >= 15 is 0 Å². The Morgan fingerprint density at radius 1 is 1.14 bits per heavy atom. The van der Waals surface area contributed by atoms with Gasteiger partial charge in [-0.2, -0.15) is 0 Å². The zero-order chi connectivity index (χ0) is 20.7. The molecule has 2 aromatic carbocycles. The van der Waals surface area contributed by atoms with Crippen molar-refractivity contribution < 1.29 is 14.3 Å². The second-order valence-corrected chi connectivity index (χ2v) is 7.27. The van der Waals surface area contributed by atoms with Crippen molar-refractivity contribution in [3.05, 3.63) is 64.2 Å². The van der Waals surface area contributed by atoms with Gasteiger partial charge < -0.3 is 15.0 Å². The minimum atomic E-state index is -0.630. The fraction of sp³-hybridized carbons (Fsp3) is 0.364. The second kappa shape index (κ2) is 10.1. The highest BCUT2D eigenvalue weighted by Gasteiger charge is 2.26. The topological polar surface area (TPSA) is 58.6 Å². The van der Waals surface area contributed by atoms with Crippen molar-refractivity contribution in [3.63, 3.8) is 0 Å². The van der Waals surface area contributed by atoms with Crippen molar-refractivity contribution in [1.29, 1.82) is 0 Å². The minimum absolute atomic E-state index is 0.146. The van der Waals surface area contributed by atoms with E-state index in [-0.39, 0.29) is 25.0 Å². The van der Waals surface area contributed by atoms with Crippen molar-refractivity contribution >= 4 is 23.4 Å². The van der Waals surface area contributed by atoms with Gasteiger partial charge in [0, 0.05) is 18.1 Å². The van der Waals surface area contributed by atoms with Gasteiger partial charge in [-0.25, -0.2) is 0 Å². The van der Waals surface area contributed by atoms with Gasteiger partial charge in [-0.3, -0.25) is 9.59 Å². The maximum Gasteiger partial charge on any atom is 0.261 e. The highest BCUT2D eigenvalue weighted by Crippen LogP contribution is 2.18. The van der Waals surface area contributed by atoms with Crippen LogP contribution in [0.4, 0.5) is 0 Å². The van der Waals surface area contributed by atoms with Crippen LogP contribution in [-0.4, -0.2) is 35.9 Å². The Balaban J connectivity index is 2.16. The van der Waals surface area contributed by atoms with Crippen LogP contribution in [0.5, 0.6) is 5.75 Å². The van der Waals surface area contributed by atoms with Crippen molar-refractivity contribution in [3.8, 4) is 5.75 Å². The lowest BCUT2D eigenvalue weighted by Crippen LogP contribution is -2.49. The third-order valence-corrected chi connectivity index (χ3v) is 4.55. The first-order valence-corrected chi connectivity index (χ1v) is 9.70. The van der Waals surface area contributed by atoms with Crippen molar-refractivity contribution in [2.45, 2.75) is 40.3 Å². The molecular weight excluding hydrogens is 376 g/mol. The molecule has 0 aliphatic carbocycles.